The van der Waals surface area contributed by atoms with Crippen LogP contribution in [0.2, 0.25) is 0 Å². The molecule has 6 heteroatoms. The number of hydrogen-bond acceptors (Lipinski definition) is 4. The van der Waals surface area contributed by atoms with Gasteiger partial charge in [-0.25, -0.2) is 4.98 Å². The molecule has 0 bridgehead atoms. The predicted octanol–water partition coefficient (Wildman–Crippen LogP) is 15.6. The first-order valence-electron chi connectivity index (χ1n) is 23.0. The van der Waals surface area contributed by atoms with Crippen molar-refractivity contribution in [3.05, 3.63) is 224 Å². The average molecular weight is 1020 g/mol. The Kier molecular flexibility index (Phi) is 10.0. The van der Waals surface area contributed by atoms with Crippen molar-refractivity contribution < 1.29 is 29.9 Å². The molecule has 0 unspecified atom stereocenters. The van der Waals surface area contributed by atoms with Gasteiger partial charge in [-0.1, -0.05) is 160 Å². The Morgan fingerprint density at radius 3 is 1.89 bits per heavy atom. The van der Waals surface area contributed by atoms with Gasteiger partial charge in [0.15, 0.2) is 0 Å². The second-order valence-corrected chi connectivity index (χ2v) is 17.1. The second-order valence-electron chi connectivity index (χ2n) is 17.1. The number of fused-ring (bicyclic) bond motifs is 4. The largest absolute Gasteiger partial charge is 0.509 e. The maximum atomic E-state index is 8.51. The Morgan fingerprint density at radius 1 is 0.569 bits per heavy atom. The summed E-state index contributed by atoms with van der Waals surface area (Å²) in [5, 5.41) is 1.93. The Morgan fingerprint density at radius 2 is 1.18 bits per heavy atom. The van der Waals surface area contributed by atoms with Crippen LogP contribution in [0.15, 0.2) is 194 Å². The molecule has 65 heavy (non-hydrogen) atoms. The molecule has 0 aliphatic carbocycles. The Balaban J connectivity index is 0.00000539. The third kappa shape index (κ3) is 7.70. The molecule has 0 spiro atoms. The predicted molar refractivity (Wildman–Crippen MR) is 264 cm³/mol. The number of ether oxygens (including phenoxy) is 1. The van der Waals surface area contributed by atoms with Crippen molar-refractivity contribution in [3.8, 4) is 50.7 Å². The van der Waals surface area contributed by atoms with Gasteiger partial charge >= 0.3 is 0 Å². The summed E-state index contributed by atoms with van der Waals surface area (Å²) >= 11 is 0. The normalized spacial score (nSPS) is 13.2. The Hall–Kier alpha value is -7.20. The van der Waals surface area contributed by atoms with E-state index in [1.54, 1.807) is 12.3 Å². The number of para-hydroxylation sites is 4. The molecule has 1 aliphatic rings. The van der Waals surface area contributed by atoms with Gasteiger partial charge in [0, 0.05) is 82.1 Å². The van der Waals surface area contributed by atoms with Crippen LogP contribution < -0.4 is 14.5 Å². The van der Waals surface area contributed by atoms with Crippen molar-refractivity contribution in [2.45, 2.75) is 33.0 Å². The SMILES string of the molecule is [2H]C([2H])([2H])c1cc(-n2c3[c-]c(Oc4[c-]c(N5[CH-]N(c6c(-c7ccccc7)cccc6-c6ccc(C(C)(C)C)cc6)c6ccccc65)ccc4)ccc3c3ccccc32)ncc1-c1ccccc1.[Pt]. The third-order valence-electron chi connectivity index (χ3n) is 12.0. The first-order valence-corrected chi connectivity index (χ1v) is 21.5. The summed E-state index contributed by atoms with van der Waals surface area (Å²) in [5.74, 6) is 1.47. The van der Waals surface area contributed by atoms with Crippen molar-refractivity contribution in [2.24, 2.45) is 0 Å². The zero-order chi connectivity index (χ0) is 45.9. The molecule has 8 aromatic carbocycles. The van der Waals surface area contributed by atoms with E-state index in [-0.39, 0.29) is 32.0 Å². The van der Waals surface area contributed by atoms with Crippen LogP contribution in [0.5, 0.6) is 11.5 Å². The number of hydrogen-bond donors (Lipinski definition) is 0. The molecule has 0 saturated carbocycles. The molecule has 2 aromatic heterocycles. The number of benzene rings is 8. The van der Waals surface area contributed by atoms with E-state index in [9.17, 15) is 0 Å². The number of aryl methyl sites for hydroxylation is 1. The molecule has 10 aromatic rings. The minimum Gasteiger partial charge on any atom is -0.509 e. The van der Waals surface area contributed by atoms with Gasteiger partial charge in [-0.2, -0.15) is 12.1 Å². The smallest absolute Gasteiger partial charge is 0.135 e. The maximum Gasteiger partial charge on any atom is 0.135 e. The van der Waals surface area contributed by atoms with Gasteiger partial charge in [0.1, 0.15) is 5.82 Å². The summed E-state index contributed by atoms with van der Waals surface area (Å²) in [5.41, 5.74) is 12.9. The maximum absolute atomic E-state index is 8.51. The molecule has 0 N–H and O–H groups in total. The summed E-state index contributed by atoms with van der Waals surface area (Å²) < 4.78 is 34.1. The van der Waals surface area contributed by atoms with Crippen molar-refractivity contribution in [1.82, 2.24) is 9.55 Å². The van der Waals surface area contributed by atoms with Crippen LogP contribution in [0.1, 0.15) is 36.0 Å². The number of rotatable bonds is 8. The first kappa shape index (κ1) is 38.3. The number of aromatic nitrogens is 2. The van der Waals surface area contributed by atoms with E-state index in [4.69, 9.17) is 13.8 Å². The number of pyridine rings is 1. The van der Waals surface area contributed by atoms with Crippen LogP contribution in [-0.4, -0.2) is 9.55 Å². The summed E-state index contributed by atoms with van der Waals surface area (Å²) in [6.07, 6.45) is 1.66. The standard InChI is InChI=1S/C59H45N4O.Pt/c1-40-35-57(60-38-52(40)42-19-9-6-10-20-42)63-53-26-12-11-23-50(53)51-34-33-47(37-56(51)63)64-46-22-15-21-45(36-46)61-39-62(55-28-14-13-27-54(55)61)58-48(41-17-7-5-8-18-41)24-16-25-49(58)43-29-31-44(32-30-43)59(2,3)4;/h5-35,38-39H,1-4H3;/q-3;/i1D3;. The van der Waals surface area contributed by atoms with Gasteiger partial charge in [0.05, 0.1) is 0 Å². The Bertz CT molecular complexity index is 3460. The van der Waals surface area contributed by atoms with Crippen LogP contribution in [0, 0.1) is 25.7 Å². The number of anilines is 4. The summed E-state index contributed by atoms with van der Waals surface area (Å²) in [6, 6.07) is 70.7. The molecule has 3 heterocycles. The van der Waals surface area contributed by atoms with Crippen molar-refractivity contribution >= 4 is 44.6 Å². The fourth-order valence-corrected chi connectivity index (χ4v) is 8.86. The summed E-state index contributed by atoms with van der Waals surface area (Å²) in [7, 11) is 0. The molecule has 0 saturated heterocycles. The minimum atomic E-state index is -2.38. The molecule has 0 atom stereocenters. The van der Waals surface area contributed by atoms with Gasteiger partial charge in [-0.05, 0) is 69.7 Å². The van der Waals surface area contributed by atoms with E-state index in [1.165, 1.54) is 5.56 Å². The molecule has 320 valence electrons. The second kappa shape index (κ2) is 17.1. The fourth-order valence-electron chi connectivity index (χ4n) is 8.86. The minimum absolute atomic E-state index is 0. The molecule has 0 radical (unpaired) electrons. The zero-order valence-corrected chi connectivity index (χ0v) is 38.3. The van der Waals surface area contributed by atoms with E-state index in [0.717, 1.165) is 66.9 Å². The quantitative estimate of drug-likeness (QED) is 0.142. The van der Waals surface area contributed by atoms with Crippen molar-refractivity contribution in [3.63, 3.8) is 0 Å². The van der Waals surface area contributed by atoms with Crippen LogP contribution in [0.4, 0.5) is 22.7 Å². The van der Waals surface area contributed by atoms with E-state index < -0.39 is 6.85 Å². The molecule has 5 nitrogen and oxygen atoms in total. The van der Waals surface area contributed by atoms with E-state index >= 15 is 0 Å². The molecule has 11 rings (SSSR count). The van der Waals surface area contributed by atoms with Gasteiger partial charge in [0.25, 0.3) is 0 Å². The topological polar surface area (TPSA) is 33.5 Å². The van der Waals surface area contributed by atoms with Crippen molar-refractivity contribution in [1.29, 1.82) is 0 Å². The van der Waals surface area contributed by atoms with Crippen LogP contribution in [0.3, 0.4) is 0 Å². The fraction of sp³-hybridized carbons (Fsp3) is 0.0847. The number of nitrogens with zero attached hydrogens (tertiary/aromatic N) is 4. The summed E-state index contributed by atoms with van der Waals surface area (Å²) in [4.78, 5) is 9.34. The summed E-state index contributed by atoms with van der Waals surface area (Å²) in [6.45, 7) is 6.50. The molecular formula is C59H45N4OPt-3. The van der Waals surface area contributed by atoms with Crippen LogP contribution >= 0.6 is 0 Å². The first-order chi connectivity index (χ1) is 32.5. The average Bonchev–Trinajstić information content (AvgIpc) is 3.90. The molecule has 1 aliphatic heterocycles. The van der Waals surface area contributed by atoms with Crippen LogP contribution in [0.25, 0.3) is 61.0 Å². The van der Waals surface area contributed by atoms with Gasteiger partial charge in [0.2, 0.25) is 0 Å². The van der Waals surface area contributed by atoms with Gasteiger partial charge in [-0.15, -0.1) is 48.1 Å². The van der Waals surface area contributed by atoms with Crippen molar-refractivity contribution in [2.75, 3.05) is 9.80 Å². The van der Waals surface area contributed by atoms with Crippen LogP contribution in [-0.2, 0) is 26.5 Å². The monoisotopic (exact) mass is 1020 g/mol. The van der Waals surface area contributed by atoms with Gasteiger partial charge < -0.3 is 19.1 Å². The van der Waals surface area contributed by atoms with Gasteiger partial charge in [-0.3, -0.25) is 0 Å². The molecule has 0 amide bonds. The Labute approximate surface area is 399 Å². The van der Waals surface area contributed by atoms with E-state index in [2.05, 4.69) is 153 Å². The van der Waals surface area contributed by atoms with E-state index in [1.807, 2.05) is 83.4 Å². The molecular weight excluding hydrogens is 976 g/mol. The molecule has 0 fully saturated rings. The third-order valence-corrected chi connectivity index (χ3v) is 12.0. The zero-order valence-electron chi connectivity index (χ0n) is 39.1. The van der Waals surface area contributed by atoms with E-state index in [0.29, 0.717) is 28.4 Å².